The van der Waals surface area contributed by atoms with Crippen LogP contribution in [-0.4, -0.2) is 37.0 Å². The molecule has 3 rings (SSSR count). The van der Waals surface area contributed by atoms with Crippen LogP contribution in [0.15, 0.2) is 24.3 Å². The SMILES string of the molecule is C[C@H]1C[C@H](C)CN(CCCCNC(=O)C2(c3ccc(Cl)cc3)CC2)C1. The average molecular weight is 363 g/mol. The number of hydrogen-bond acceptors (Lipinski definition) is 2. The van der Waals surface area contributed by atoms with Gasteiger partial charge in [-0.3, -0.25) is 4.79 Å². The molecule has 1 aromatic rings. The molecule has 1 aliphatic heterocycles. The molecule has 25 heavy (non-hydrogen) atoms. The van der Waals surface area contributed by atoms with Gasteiger partial charge in [-0.15, -0.1) is 0 Å². The standard InChI is InChI=1S/C21H31ClN2O/c1-16-13-17(2)15-24(14-16)12-4-3-11-23-20(25)21(9-10-21)18-5-7-19(22)8-6-18/h5-8,16-17H,3-4,9-15H2,1-2H3,(H,23,25)/t16-,17-/m0/s1. The quantitative estimate of drug-likeness (QED) is 0.735. The van der Waals surface area contributed by atoms with E-state index in [0.717, 1.165) is 61.2 Å². The van der Waals surface area contributed by atoms with Gasteiger partial charge in [0.05, 0.1) is 5.41 Å². The minimum atomic E-state index is -0.289. The summed E-state index contributed by atoms with van der Waals surface area (Å²) in [5, 5.41) is 3.89. The third-order valence-electron chi connectivity index (χ3n) is 5.71. The Labute approximate surface area is 157 Å². The van der Waals surface area contributed by atoms with Gasteiger partial charge in [0.2, 0.25) is 5.91 Å². The molecule has 2 fully saturated rings. The van der Waals surface area contributed by atoms with Crippen molar-refractivity contribution in [2.45, 2.75) is 51.4 Å². The van der Waals surface area contributed by atoms with Gasteiger partial charge in [0.1, 0.15) is 0 Å². The summed E-state index contributed by atoms with van der Waals surface area (Å²) in [5.74, 6) is 1.82. The first kappa shape index (κ1) is 18.7. The number of amides is 1. The Morgan fingerprint density at radius 2 is 1.80 bits per heavy atom. The number of nitrogens with zero attached hydrogens (tertiary/aromatic N) is 1. The third kappa shape index (κ3) is 4.77. The van der Waals surface area contributed by atoms with Gasteiger partial charge in [-0.25, -0.2) is 0 Å². The average Bonchev–Trinajstić information content (AvgIpc) is 3.36. The fourth-order valence-corrected chi connectivity index (χ4v) is 4.47. The molecule has 3 nitrogen and oxygen atoms in total. The first-order valence-electron chi connectivity index (χ1n) is 9.76. The van der Waals surface area contributed by atoms with Gasteiger partial charge in [0, 0.05) is 24.7 Å². The number of carbonyl (C=O) groups is 1. The highest BCUT2D eigenvalue weighted by Gasteiger charge is 2.50. The van der Waals surface area contributed by atoms with Gasteiger partial charge in [-0.05, 0) is 68.2 Å². The Morgan fingerprint density at radius 1 is 1.16 bits per heavy atom. The van der Waals surface area contributed by atoms with E-state index < -0.39 is 0 Å². The maximum Gasteiger partial charge on any atom is 0.230 e. The van der Waals surface area contributed by atoms with Gasteiger partial charge >= 0.3 is 0 Å². The lowest BCUT2D eigenvalue weighted by molar-refractivity contribution is -0.123. The predicted octanol–water partition coefficient (Wildman–Crippen LogP) is 4.25. The van der Waals surface area contributed by atoms with E-state index in [9.17, 15) is 4.79 Å². The molecule has 0 spiro atoms. The molecule has 2 atom stereocenters. The number of halogens is 1. The molecular formula is C21H31ClN2O. The molecule has 1 saturated heterocycles. The van der Waals surface area contributed by atoms with Crippen LogP contribution in [0.5, 0.6) is 0 Å². The number of piperidine rings is 1. The monoisotopic (exact) mass is 362 g/mol. The summed E-state index contributed by atoms with van der Waals surface area (Å²) in [6.07, 6.45) is 5.47. The molecule has 0 radical (unpaired) electrons. The van der Waals surface area contributed by atoms with Crippen molar-refractivity contribution in [2.75, 3.05) is 26.2 Å². The lowest BCUT2D eigenvalue weighted by Gasteiger charge is -2.34. The molecule has 0 aromatic heterocycles. The van der Waals surface area contributed by atoms with E-state index >= 15 is 0 Å². The summed E-state index contributed by atoms with van der Waals surface area (Å²) >= 11 is 5.96. The Balaban J connectivity index is 1.38. The maximum absolute atomic E-state index is 12.6. The second kappa shape index (κ2) is 8.09. The van der Waals surface area contributed by atoms with Crippen molar-refractivity contribution in [1.29, 1.82) is 0 Å². The largest absolute Gasteiger partial charge is 0.355 e. The van der Waals surface area contributed by atoms with Crippen LogP contribution in [0.1, 0.15) is 51.5 Å². The van der Waals surface area contributed by atoms with E-state index in [1.54, 1.807) is 0 Å². The number of carbonyl (C=O) groups excluding carboxylic acids is 1. The fourth-order valence-electron chi connectivity index (χ4n) is 4.35. The summed E-state index contributed by atoms with van der Waals surface area (Å²) < 4.78 is 0. The Hall–Kier alpha value is -1.06. The van der Waals surface area contributed by atoms with Gasteiger partial charge in [-0.1, -0.05) is 37.6 Å². The minimum absolute atomic E-state index is 0.190. The van der Waals surface area contributed by atoms with Crippen LogP contribution in [0.3, 0.4) is 0 Å². The van der Waals surface area contributed by atoms with E-state index in [1.807, 2.05) is 24.3 Å². The zero-order valence-electron chi connectivity index (χ0n) is 15.6. The van der Waals surface area contributed by atoms with E-state index in [4.69, 9.17) is 11.6 Å². The summed E-state index contributed by atoms with van der Waals surface area (Å²) in [6.45, 7) is 9.12. The smallest absolute Gasteiger partial charge is 0.230 e. The highest BCUT2D eigenvalue weighted by molar-refractivity contribution is 6.30. The van der Waals surface area contributed by atoms with Crippen LogP contribution in [0.4, 0.5) is 0 Å². The summed E-state index contributed by atoms with van der Waals surface area (Å²) in [6, 6.07) is 7.75. The molecule has 1 aromatic carbocycles. The normalized spacial score (nSPS) is 25.6. The molecule has 0 unspecified atom stereocenters. The van der Waals surface area contributed by atoms with Gasteiger partial charge in [-0.2, -0.15) is 0 Å². The maximum atomic E-state index is 12.6. The number of hydrogen-bond donors (Lipinski definition) is 1. The van der Waals surface area contributed by atoms with Crippen molar-refractivity contribution in [3.63, 3.8) is 0 Å². The van der Waals surface area contributed by atoms with E-state index in [-0.39, 0.29) is 11.3 Å². The third-order valence-corrected chi connectivity index (χ3v) is 5.96. The van der Waals surface area contributed by atoms with Crippen molar-refractivity contribution in [3.05, 3.63) is 34.9 Å². The summed E-state index contributed by atoms with van der Waals surface area (Å²) in [7, 11) is 0. The molecule has 0 bridgehead atoms. The van der Waals surface area contributed by atoms with Gasteiger partial charge in [0.25, 0.3) is 0 Å². The van der Waals surface area contributed by atoms with E-state index in [0.29, 0.717) is 0 Å². The summed E-state index contributed by atoms with van der Waals surface area (Å²) in [4.78, 5) is 15.2. The number of rotatable bonds is 7. The molecule has 1 amide bonds. The predicted molar refractivity (Wildman–Crippen MR) is 104 cm³/mol. The van der Waals surface area contributed by atoms with Crippen LogP contribution in [-0.2, 0) is 10.2 Å². The van der Waals surface area contributed by atoms with Gasteiger partial charge in [0.15, 0.2) is 0 Å². The lowest BCUT2D eigenvalue weighted by atomic mass is 9.92. The second-order valence-electron chi connectivity index (χ2n) is 8.26. The zero-order chi connectivity index (χ0) is 17.9. The summed E-state index contributed by atoms with van der Waals surface area (Å²) in [5.41, 5.74) is 0.813. The van der Waals surface area contributed by atoms with Crippen molar-refractivity contribution >= 4 is 17.5 Å². The first-order chi connectivity index (χ1) is 12.0. The highest BCUT2D eigenvalue weighted by Crippen LogP contribution is 2.48. The van der Waals surface area contributed by atoms with E-state index in [2.05, 4.69) is 24.1 Å². The Bertz CT molecular complexity index is 572. The Morgan fingerprint density at radius 3 is 2.40 bits per heavy atom. The molecule has 4 heteroatoms. The molecule has 1 N–H and O–H groups in total. The first-order valence-corrected chi connectivity index (χ1v) is 10.1. The topological polar surface area (TPSA) is 32.3 Å². The number of likely N-dealkylation sites (tertiary alicyclic amines) is 1. The molecule has 2 aliphatic rings. The van der Waals surface area contributed by atoms with Crippen LogP contribution in [0.2, 0.25) is 5.02 Å². The molecule has 1 aliphatic carbocycles. The number of nitrogens with one attached hydrogen (secondary N) is 1. The number of benzene rings is 1. The molecule has 1 heterocycles. The number of unbranched alkanes of at least 4 members (excludes halogenated alkanes) is 1. The van der Waals surface area contributed by atoms with Crippen molar-refractivity contribution in [2.24, 2.45) is 11.8 Å². The lowest BCUT2D eigenvalue weighted by Crippen LogP contribution is -2.39. The molecular weight excluding hydrogens is 332 g/mol. The fraction of sp³-hybridized carbons (Fsp3) is 0.667. The van der Waals surface area contributed by atoms with E-state index in [1.165, 1.54) is 19.5 Å². The zero-order valence-corrected chi connectivity index (χ0v) is 16.3. The Kier molecular flexibility index (Phi) is 6.06. The van der Waals surface area contributed by atoms with Crippen molar-refractivity contribution in [3.8, 4) is 0 Å². The molecule has 138 valence electrons. The van der Waals surface area contributed by atoms with Crippen LogP contribution >= 0.6 is 11.6 Å². The van der Waals surface area contributed by atoms with Crippen LogP contribution in [0, 0.1) is 11.8 Å². The van der Waals surface area contributed by atoms with Crippen molar-refractivity contribution in [1.82, 2.24) is 10.2 Å². The van der Waals surface area contributed by atoms with Crippen molar-refractivity contribution < 1.29 is 4.79 Å². The molecule has 1 saturated carbocycles. The van der Waals surface area contributed by atoms with Crippen LogP contribution in [0.25, 0.3) is 0 Å². The minimum Gasteiger partial charge on any atom is -0.355 e. The highest BCUT2D eigenvalue weighted by atomic mass is 35.5. The second-order valence-corrected chi connectivity index (χ2v) is 8.69. The van der Waals surface area contributed by atoms with Crippen LogP contribution < -0.4 is 5.32 Å². The van der Waals surface area contributed by atoms with Gasteiger partial charge < -0.3 is 10.2 Å².